The van der Waals surface area contributed by atoms with Crippen LogP contribution in [-0.4, -0.2) is 31.1 Å². The molecule has 120 valence electrons. The summed E-state index contributed by atoms with van der Waals surface area (Å²) in [6.45, 7) is 6.63. The van der Waals surface area contributed by atoms with Gasteiger partial charge in [0.25, 0.3) is 0 Å². The van der Waals surface area contributed by atoms with Crippen LogP contribution in [0.2, 0.25) is 5.02 Å². The second kappa shape index (κ2) is 8.59. The van der Waals surface area contributed by atoms with E-state index >= 15 is 0 Å². The van der Waals surface area contributed by atoms with E-state index in [9.17, 15) is 0 Å². The number of hydrogen-bond acceptors (Lipinski definition) is 2. The van der Waals surface area contributed by atoms with Gasteiger partial charge in [0.15, 0.2) is 0 Å². The van der Waals surface area contributed by atoms with E-state index in [1.54, 1.807) is 0 Å². The van der Waals surface area contributed by atoms with Crippen LogP contribution in [0.1, 0.15) is 36.4 Å². The van der Waals surface area contributed by atoms with Gasteiger partial charge in [-0.05, 0) is 42.9 Å². The molecule has 1 aliphatic carbocycles. The van der Waals surface area contributed by atoms with Crippen molar-refractivity contribution in [3.8, 4) is 0 Å². The molecule has 2 fully saturated rings. The lowest BCUT2D eigenvalue weighted by Gasteiger charge is -2.43. The van der Waals surface area contributed by atoms with Crippen LogP contribution in [0, 0.1) is 12.8 Å². The highest BCUT2D eigenvalue weighted by Gasteiger charge is 2.33. The van der Waals surface area contributed by atoms with E-state index in [1.807, 2.05) is 0 Å². The summed E-state index contributed by atoms with van der Waals surface area (Å²) < 4.78 is 0. The zero-order valence-corrected chi connectivity index (χ0v) is 14.9. The van der Waals surface area contributed by atoms with Crippen LogP contribution in [0.15, 0.2) is 18.2 Å². The molecular weight excluding hydrogens is 327 g/mol. The quantitative estimate of drug-likeness (QED) is 0.876. The molecule has 0 aromatic heterocycles. The molecule has 1 aromatic rings. The molecule has 1 saturated carbocycles. The number of piperazine rings is 1. The molecule has 2 aliphatic rings. The van der Waals surface area contributed by atoms with Crippen molar-refractivity contribution in [3.05, 3.63) is 34.3 Å². The van der Waals surface area contributed by atoms with Crippen molar-refractivity contribution in [2.75, 3.05) is 26.2 Å². The van der Waals surface area contributed by atoms with Crippen LogP contribution < -0.4 is 5.32 Å². The minimum atomic E-state index is 0. The molecule has 1 N–H and O–H groups in total. The zero-order valence-electron chi connectivity index (χ0n) is 12.5. The third-order valence-electron chi connectivity index (χ3n) is 4.68. The Balaban J connectivity index is 0.00000110. The maximum absolute atomic E-state index is 6.33. The fourth-order valence-electron chi connectivity index (χ4n) is 3.29. The first-order chi connectivity index (χ1) is 9.25. The van der Waals surface area contributed by atoms with Gasteiger partial charge < -0.3 is 5.32 Å². The van der Waals surface area contributed by atoms with Gasteiger partial charge in [-0.15, -0.1) is 24.8 Å². The van der Waals surface area contributed by atoms with E-state index in [-0.39, 0.29) is 24.8 Å². The minimum Gasteiger partial charge on any atom is -0.314 e. The summed E-state index contributed by atoms with van der Waals surface area (Å²) >= 11 is 6.33. The van der Waals surface area contributed by atoms with Crippen LogP contribution in [0.3, 0.4) is 0 Å². The Labute approximate surface area is 145 Å². The first-order valence-corrected chi connectivity index (χ1v) is 7.84. The van der Waals surface area contributed by atoms with E-state index in [1.165, 1.54) is 30.4 Å². The van der Waals surface area contributed by atoms with Gasteiger partial charge in [-0.25, -0.2) is 0 Å². The molecular formula is C16H25Cl3N2. The summed E-state index contributed by atoms with van der Waals surface area (Å²) in [5.74, 6) is 0.830. The molecule has 0 spiro atoms. The Bertz CT molecular complexity index is 443. The lowest BCUT2D eigenvalue weighted by atomic mass is 9.76. The van der Waals surface area contributed by atoms with E-state index in [4.69, 9.17) is 11.6 Å². The van der Waals surface area contributed by atoms with E-state index in [2.05, 4.69) is 35.3 Å². The number of benzene rings is 1. The van der Waals surface area contributed by atoms with Gasteiger partial charge in [0.2, 0.25) is 0 Å². The standard InChI is InChI=1S/C16H23ClN2.2ClH/c1-12-5-6-14(11-15(12)17)16(13-3-2-4-13)19-9-7-18-8-10-19;;/h5-6,11,13,16,18H,2-4,7-10H2,1H3;2*1H/t16-;;/m1../s1. The maximum Gasteiger partial charge on any atom is 0.0438 e. The topological polar surface area (TPSA) is 15.3 Å². The smallest absolute Gasteiger partial charge is 0.0438 e. The molecule has 1 saturated heterocycles. The highest BCUT2D eigenvalue weighted by Crippen LogP contribution is 2.42. The summed E-state index contributed by atoms with van der Waals surface area (Å²) in [5.41, 5.74) is 2.60. The van der Waals surface area contributed by atoms with Crippen LogP contribution in [0.5, 0.6) is 0 Å². The summed E-state index contributed by atoms with van der Waals surface area (Å²) in [6, 6.07) is 7.23. The molecule has 1 aromatic carbocycles. The van der Waals surface area contributed by atoms with E-state index in [0.717, 1.165) is 37.1 Å². The fourth-order valence-corrected chi connectivity index (χ4v) is 3.48. The number of aryl methyl sites for hydroxylation is 1. The number of nitrogens with zero attached hydrogens (tertiary/aromatic N) is 1. The minimum absolute atomic E-state index is 0. The molecule has 1 aliphatic heterocycles. The largest absolute Gasteiger partial charge is 0.314 e. The Morgan fingerprint density at radius 3 is 2.38 bits per heavy atom. The van der Waals surface area contributed by atoms with Crippen molar-refractivity contribution in [1.29, 1.82) is 0 Å². The molecule has 0 radical (unpaired) electrons. The predicted molar refractivity (Wildman–Crippen MR) is 95.2 cm³/mol. The zero-order chi connectivity index (χ0) is 13.2. The van der Waals surface area contributed by atoms with Gasteiger partial charge >= 0.3 is 0 Å². The second-order valence-electron chi connectivity index (χ2n) is 5.93. The van der Waals surface area contributed by atoms with Crippen LogP contribution in [0.25, 0.3) is 0 Å². The monoisotopic (exact) mass is 350 g/mol. The lowest BCUT2D eigenvalue weighted by molar-refractivity contribution is 0.0837. The van der Waals surface area contributed by atoms with Gasteiger partial charge in [-0.3, -0.25) is 4.90 Å². The molecule has 0 bridgehead atoms. The second-order valence-corrected chi connectivity index (χ2v) is 6.34. The summed E-state index contributed by atoms with van der Waals surface area (Å²) in [5, 5.41) is 4.36. The Morgan fingerprint density at radius 1 is 1.19 bits per heavy atom. The van der Waals surface area contributed by atoms with Crippen molar-refractivity contribution in [2.45, 2.75) is 32.2 Å². The number of nitrogens with one attached hydrogen (secondary N) is 1. The maximum atomic E-state index is 6.33. The predicted octanol–water partition coefficient (Wildman–Crippen LogP) is 4.24. The normalized spacial score (nSPS) is 20.9. The average Bonchev–Trinajstić information content (AvgIpc) is 2.38. The van der Waals surface area contributed by atoms with Gasteiger partial charge in [0.05, 0.1) is 0 Å². The summed E-state index contributed by atoms with van der Waals surface area (Å²) in [4.78, 5) is 2.65. The molecule has 3 rings (SSSR count). The number of hydrogen-bond donors (Lipinski definition) is 1. The Morgan fingerprint density at radius 2 is 1.86 bits per heavy atom. The lowest BCUT2D eigenvalue weighted by Crippen LogP contribution is -2.47. The van der Waals surface area contributed by atoms with E-state index in [0.29, 0.717) is 6.04 Å². The fraction of sp³-hybridized carbons (Fsp3) is 0.625. The van der Waals surface area contributed by atoms with Crippen molar-refractivity contribution in [2.24, 2.45) is 5.92 Å². The molecule has 1 atom stereocenters. The van der Waals surface area contributed by atoms with Crippen molar-refractivity contribution in [1.82, 2.24) is 10.2 Å². The number of halogens is 3. The van der Waals surface area contributed by atoms with Crippen LogP contribution in [0.4, 0.5) is 0 Å². The molecule has 5 heteroatoms. The Hall–Kier alpha value is 0.01000. The van der Waals surface area contributed by atoms with Crippen molar-refractivity contribution >= 4 is 36.4 Å². The molecule has 21 heavy (non-hydrogen) atoms. The third kappa shape index (κ3) is 4.27. The molecule has 0 amide bonds. The molecule has 2 nitrogen and oxygen atoms in total. The van der Waals surface area contributed by atoms with Gasteiger partial charge in [-0.2, -0.15) is 0 Å². The van der Waals surface area contributed by atoms with Crippen LogP contribution in [-0.2, 0) is 0 Å². The van der Waals surface area contributed by atoms with Crippen molar-refractivity contribution in [3.63, 3.8) is 0 Å². The summed E-state index contributed by atoms with van der Waals surface area (Å²) in [7, 11) is 0. The average molecular weight is 352 g/mol. The van der Waals surface area contributed by atoms with Crippen LogP contribution >= 0.6 is 36.4 Å². The third-order valence-corrected chi connectivity index (χ3v) is 5.09. The highest BCUT2D eigenvalue weighted by molar-refractivity contribution is 6.31. The van der Waals surface area contributed by atoms with Gasteiger partial charge in [0.1, 0.15) is 0 Å². The van der Waals surface area contributed by atoms with E-state index < -0.39 is 0 Å². The molecule has 1 heterocycles. The highest BCUT2D eigenvalue weighted by atomic mass is 35.5. The Kier molecular flexibility index (Phi) is 7.80. The first-order valence-electron chi connectivity index (χ1n) is 7.46. The molecule has 0 unspecified atom stereocenters. The summed E-state index contributed by atoms with van der Waals surface area (Å²) in [6.07, 6.45) is 4.15. The van der Waals surface area contributed by atoms with Gasteiger partial charge in [0, 0.05) is 37.2 Å². The first kappa shape index (κ1) is 19.1. The van der Waals surface area contributed by atoms with Crippen molar-refractivity contribution < 1.29 is 0 Å². The SMILES string of the molecule is Cc1ccc([C@@H](C2CCC2)N2CCNCC2)cc1Cl.Cl.Cl. The number of rotatable bonds is 3. The van der Waals surface area contributed by atoms with Gasteiger partial charge in [-0.1, -0.05) is 30.2 Å².